The van der Waals surface area contributed by atoms with Gasteiger partial charge in [0.05, 0.1) is 5.69 Å². The summed E-state index contributed by atoms with van der Waals surface area (Å²) in [4.78, 5) is 2.20. The first-order valence-electron chi connectivity index (χ1n) is 7.52. The molecule has 0 saturated carbocycles. The second-order valence-corrected chi connectivity index (χ2v) is 5.93. The van der Waals surface area contributed by atoms with Gasteiger partial charge in [-0.15, -0.1) is 0 Å². The first-order chi connectivity index (χ1) is 10.0. The zero-order valence-corrected chi connectivity index (χ0v) is 13.7. The summed E-state index contributed by atoms with van der Waals surface area (Å²) in [5, 5.41) is 8.11. The van der Waals surface area contributed by atoms with Crippen molar-refractivity contribution >= 4 is 11.5 Å². The second-order valence-electron chi connectivity index (χ2n) is 5.93. The van der Waals surface area contributed by atoms with Gasteiger partial charge in [-0.3, -0.25) is 4.68 Å². The molecule has 0 aliphatic rings. The van der Waals surface area contributed by atoms with E-state index in [0.29, 0.717) is 5.92 Å². The number of anilines is 2. The summed E-state index contributed by atoms with van der Waals surface area (Å²) in [6.45, 7) is 8.39. The van der Waals surface area contributed by atoms with Crippen LogP contribution in [0, 0.1) is 12.8 Å². The highest BCUT2D eigenvalue weighted by Crippen LogP contribution is 2.28. The molecule has 1 heterocycles. The Labute approximate surface area is 127 Å². The number of nitrogens with zero attached hydrogens (tertiary/aromatic N) is 3. The molecule has 4 heteroatoms. The summed E-state index contributed by atoms with van der Waals surface area (Å²) < 4.78 is 1.97. The van der Waals surface area contributed by atoms with Crippen LogP contribution in [0.25, 0.3) is 0 Å². The fourth-order valence-corrected chi connectivity index (χ4v) is 2.58. The average molecular weight is 286 g/mol. The van der Waals surface area contributed by atoms with Gasteiger partial charge in [0.2, 0.25) is 0 Å². The van der Waals surface area contributed by atoms with E-state index >= 15 is 0 Å². The van der Waals surface area contributed by atoms with Gasteiger partial charge in [0.25, 0.3) is 0 Å². The van der Waals surface area contributed by atoms with Gasteiger partial charge in [-0.05, 0) is 31.5 Å². The van der Waals surface area contributed by atoms with E-state index in [-0.39, 0.29) is 0 Å². The number of aryl methyl sites for hydroxylation is 2. The van der Waals surface area contributed by atoms with Crippen molar-refractivity contribution in [2.24, 2.45) is 13.0 Å². The van der Waals surface area contributed by atoms with Gasteiger partial charge in [0.15, 0.2) is 0 Å². The van der Waals surface area contributed by atoms with E-state index in [1.807, 2.05) is 17.8 Å². The Morgan fingerprint density at radius 1 is 1.24 bits per heavy atom. The number of para-hydroxylation sites is 1. The van der Waals surface area contributed by atoms with E-state index in [0.717, 1.165) is 24.6 Å². The van der Waals surface area contributed by atoms with E-state index in [2.05, 4.69) is 67.4 Å². The van der Waals surface area contributed by atoms with Crippen LogP contribution in [0.2, 0.25) is 0 Å². The molecule has 4 nitrogen and oxygen atoms in total. The Morgan fingerprint density at radius 3 is 2.52 bits per heavy atom. The minimum atomic E-state index is 0.650. The molecular weight excluding hydrogens is 260 g/mol. The molecule has 0 fully saturated rings. The van der Waals surface area contributed by atoms with E-state index in [1.54, 1.807) is 0 Å². The van der Waals surface area contributed by atoms with Gasteiger partial charge in [-0.25, -0.2) is 0 Å². The van der Waals surface area contributed by atoms with Crippen LogP contribution >= 0.6 is 0 Å². The van der Waals surface area contributed by atoms with E-state index in [4.69, 9.17) is 0 Å². The summed E-state index contributed by atoms with van der Waals surface area (Å²) in [6, 6.07) is 10.4. The van der Waals surface area contributed by atoms with Crippen LogP contribution < -0.4 is 10.2 Å². The first kappa shape index (κ1) is 15.6. The lowest BCUT2D eigenvalue weighted by Crippen LogP contribution is -2.21. The van der Waals surface area contributed by atoms with Gasteiger partial charge in [0, 0.05) is 31.9 Å². The Morgan fingerprint density at radius 2 is 1.90 bits per heavy atom. The van der Waals surface area contributed by atoms with Gasteiger partial charge in [0.1, 0.15) is 5.82 Å². The molecule has 0 aliphatic carbocycles. The zero-order valence-electron chi connectivity index (χ0n) is 13.7. The Balaban J connectivity index is 2.26. The quantitative estimate of drug-likeness (QED) is 0.885. The van der Waals surface area contributed by atoms with Gasteiger partial charge in [-0.2, -0.15) is 5.10 Å². The molecule has 21 heavy (non-hydrogen) atoms. The molecule has 0 atom stereocenters. The van der Waals surface area contributed by atoms with E-state index in [9.17, 15) is 0 Å². The largest absolute Gasteiger partial charge is 0.329 e. The molecule has 2 rings (SSSR count). The van der Waals surface area contributed by atoms with Crippen LogP contribution in [0.4, 0.5) is 11.5 Å². The van der Waals surface area contributed by atoms with E-state index < -0.39 is 0 Å². The number of nitrogens with one attached hydrogen (secondary N) is 1. The molecule has 1 aromatic carbocycles. The fourth-order valence-electron chi connectivity index (χ4n) is 2.58. The maximum Gasteiger partial charge on any atom is 0.135 e. The van der Waals surface area contributed by atoms with Crippen molar-refractivity contribution in [3.05, 3.63) is 41.6 Å². The van der Waals surface area contributed by atoms with Gasteiger partial charge < -0.3 is 10.2 Å². The highest BCUT2D eigenvalue weighted by molar-refractivity contribution is 5.63. The highest BCUT2D eigenvalue weighted by Gasteiger charge is 2.17. The molecule has 0 aliphatic heterocycles. The molecule has 0 radical (unpaired) electrons. The summed E-state index contributed by atoms with van der Waals surface area (Å²) >= 11 is 0. The maximum absolute atomic E-state index is 4.59. The van der Waals surface area contributed by atoms with Crippen molar-refractivity contribution in [2.75, 3.05) is 18.5 Å². The SMILES string of the molecule is Cc1nn(C)c(N(C)c2ccccc2)c1CNCC(C)C. The normalized spacial score (nSPS) is 11.1. The maximum atomic E-state index is 4.59. The van der Waals surface area contributed by atoms with Crippen molar-refractivity contribution in [1.29, 1.82) is 0 Å². The Kier molecular flexibility index (Phi) is 5.02. The highest BCUT2D eigenvalue weighted by atomic mass is 15.4. The van der Waals surface area contributed by atoms with E-state index in [1.165, 1.54) is 11.3 Å². The summed E-state index contributed by atoms with van der Waals surface area (Å²) in [5.41, 5.74) is 3.53. The monoisotopic (exact) mass is 286 g/mol. The molecule has 114 valence electrons. The fraction of sp³-hybridized carbons (Fsp3) is 0.471. The molecule has 2 aromatic rings. The van der Waals surface area contributed by atoms with Crippen LogP contribution in [0.3, 0.4) is 0 Å². The van der Waals surface area contributed by atoms with Crippen LogP contribution in [0.1, 0.15) is 25.1 Å². The zero-order chi connectivity index (χ0) is 15.4. The smallest absolute Gasteiger partial charge is 0.135 e. The molecule has 0 saturated heterocycles. The third-order valence-electron chi connectivity index (χ3n) is 3.63. The summed E-state index contributed by atoms with van der Waals surface area (Å²) in [7, 11) is 4.10. The van der Waals surface area contributed by atoms with Crippen molar-refractivity contribution in [1.82, 2.24) is 15.1 Å². The summed E-state index contributed by atoms with van der Waals surface area (Å²) in [6.07, 6.45) is 0. The number of benzene rings is 1. The average Bonchev–Trinajstić information content (AvgIpc) is 2.73. The molecule has 0 amide bonds. The standard InChI is InChI=1S/C17H26N4/c1-13(2)11-18-12-16-14(3)19-21(5)17(16)20(4)15-9-7-6-8-10-15/h6-10,13,18H,11-12H2,1-5H3. The molecule has 0 spiro atoms. The molecule has 1 aromatic heterocycles. The van der Waals surface area contributed by atoms with Gasteiger partial charge >= 0.3 is 0 Å². The molecule has 0 unspecified atom stereocenters. The third kappa shape index (κ3) is 3.64. The van der Waals surface area contributed by atoms with Crippen molar-refractivity contribution in [2.45, 2.75) is 27.3 Å². The Hall–Kier alpha value is -1.81. The number of rotatable bonds is 6. The summed E-state index contributed by atoms with van der Waals surface area (Å²) in [5.74, 6) is 1.80. The predicted octanol–water partition coefficient (Wildman–Crippen LogP) is 3.24. The minimum Gasteiger partial charge on any atom is -0.329 e. The number of hydrogen-bond donors (Lipinski definition) is 1. The lowest BCUT2D eigenvalue weighted by atomic mass is 10.2. The van der Waals surface area contributed by atoms with Crippen molar-refractivity contribution in [3.8, 4) is 0 Å². The van der Waals surface area contributed by atoms with Crippen LogP contribution in [-0.2, 0) is 13.6 Å². The predicted molar refractivity (Wildman–Crippen MR) is 89.0 cm³/mol. The molecular formula is C17H26N4. The first-order valence-corrected chi connectivity index (χ1v) is 7.52. The van der Waals surface area contributed by atoms with Crippen LogP contribution in [0.15, 0.2) is 30.3 Å². The lowest BCUT2D eigenvalue weighted by molar-refractivity contribution is 0.551. The lowest BCUT2D eigenvalue weighted by Gasteiger charge is -2.21. The van der Waals surface area contributed by atoms with Crippen LogP contribution in [0.5, 0.6) is 0 Å². The second kappa shape index (κ2) is 6.76. The van der Waals surface area contributed by atoms with Crippen molar-refractivity contribution < 1.29 is 0 Å². The topological polar surface area (TPSA) is 33.1 Å². The number of aromatic nitrogens is 2. The number of hydrogen-bond acceptors (Lipinski definition) is 3. The third-order valence-corrected chi connectivity index (χ3v) is 3.63. The van der Waals surface area contributed by atoms with Gasteiger partial charge in [-0.1, -0.05) is 32.0 Å². The van der Waals surface area contributed by atoms with Crippen LogP contribution in [-0.4, -0.2) is 23.4 Å². The van der Waals surface area contributed by atoms with Crippen molar-refractivity contribution in [3.63, 3.8) is 0 Å². The minimum absolute atomic E-state index is 0.650. The molecule has 0 bridgehead atoms. The molecule has 1 N–H and O–H groups in total. The Bertz CT molecular complexity index is 572.